The van der Waals surface area contributed by atoms with E-state index < -0.39 is 15.9 Å². The van der Waals surface area contributed by atoms with E-state index >= 15 is 0 Å². The van der Waals surface area contributed by atoms with Crippen LogP contribution >= 0.6 is 0 Å². The maximum Gasteiger partial charge on any atom is 0.268 e. The number of carbonyl (C=O) groups excluding carboxylic acids is 3. The van der Waals surface area contributed by atoms with Crippen LogP contribution in [0.3, 0.4) is 0 Å². The average Bonchev–Trinajstić information content (AvgIpc) is 3.04. The second-order valence-corrected chi connectivity index (χ2v) is 10.2. The predicted molar refractivity (Wildman–Crippen MR) is 140 cm³/mol. The number of carbonyl (C=O) groups is 3. The number of methoxy groups -OCH3 is 1. The highest BCUT2D eigenvalue weighted by molar-refractivity contribution is 7.99. The van der Waals surface area contributed by atoms with Crippen LogP contribution in [0, 0.1) is 0 Å². The van der Waals surface area contributed by atoms with E-state index in [0.29, 0.717) is 33.8 Å². The number of nitrogens with zero attached hydrogens (tertiary/aromatic N) is 1. The minimum Gasteiger partial charge on any atom is -0.497 e. The van der Waals surface area contributed by atoms with Crippen molar-refractivity contribution in [3.8, 4) is 5.75 Å². The Balaban J connectivity index is 1.46. The zero-order chi connectivity index (χ0) is 26.7. The fraction of sp³-hybridized carbons (Fsp3) is 0.148. The summed E-state index contributed by atoms with van der Waals surface area (Å²) in [5.74, 6) is -0.562. The highest BCUT2D eigenvalue weighted by Gasteiger charge is 2.42. The lowest BCUT2D eigenvalue weighted by atomic mass is 10.1. The maximum atomic E-state index is 13.3. The standard InChI is InChI=1S/C27H25N3O6S/c1-17-25(20-8-14-24(36-3)15-9-20)37(34,35)30(27(17)33)16-19-4-6-21(7-5-19)26(32)29-23-12-10-22(11-13-23)28-18(2)31/h4-15H,16H2,1-3H3,(H,28,31)(H,29,32). The van der Waals surface area contributed by atoms with Crippen molar-refractivity contribution in [1.82, 2.24) is 4.31 Å². The van der Waals surface area contributed by atoms with Crippen molar-refractivity contribution in [1.29, 1.82) is 0 Å². The Bertz CT molecular complexity index is 1490. The number of ether oxygens (including phenoxy) is 1. The molecule has 0 saturated heterocycles. The summed E-state index contributed by atoms with van der Waals surface area (Å²) >= 11 is 0. The Morgan fingerprint density at radius 1 is 0.865 bits per heavy atom. The number of anilines is 2. The summed E-state index contributed by atoms with van der Waals surface area (Å²) < 4.78 is 32.5. The van der Waals surface area contributed by atoms with Crippen LogP contribution < -0.4 is 15.4 Å². The van der Waals surface area contributed by atoms with Gasteiger partial charge in [-0.25, -0.2) is 12.7 Å². The van der Waals surface area contributed by atoms with E-state index in [2.05, 4.69) is 10.6 Å². The molecule has 0 unspecified atom stereocenters. The Kier molecular flexibility index (Phi) is 7.12. The van der Waals surface area contributed by atoms with Gasteiger partial charge < -0.3 is 15.4 Å². The average molecular weight is 520 g/mol. The zero-order valence-corrected chi connectivity index (χ0v) is 21.3. The molecular formula is C27H25N3O6S. The van der Waals surface area contributed by atoms with E-state index in [1.807, 2.05) is 0 Å². The molecule has 4 rings (SSSR count). The fourth-order valence-corrected chi connectivity index (χ4v) is 5.74. The van der Waals surface area contributed by atoms with E-state index in [1.165, 1.54) is 21.0 Å². The molecule has 0 radical (unpaired) electrons. The molecule has 0 fully saturated rings. The van der Waals surface area contributed by atoms with Crippen molar-refractivity contribution in [2.24, 2.45) is 0 Å². The molecule has 37 heavy (non-hydrogen) atoms. The van der Waals surface area contributed by atoms with Gasteiger partial charge in [-0.1, -0.05) is 12.1 Å². The van der Waals surface area contributed by atoms with Crippen molar-refractivity contribution in [3.05, 3.63) is 95.1 Å². The predicted octanol–water partition coefficient (Wildman–Crippen LogP) is 4.01. The number of hydrogen-bond donors (Lipinski definition) is 2. The molecule has 3 aromatic carbocycles. The number of amides is 3. The first-order chi connectivity index (χ1) is 17.6. The van der Waals surface area contributed by atoms with Crippen LogP contribution in [-0.2, 0) is 26.2 Å². The molecule has 0 saturated carbocycles. The molecule has 1 heterocycles. The Morgan fingerprint density at radius 2 is 1.43 bits per heavy atom. The van der Waals surface area contributed by atoms with Gasteiger partial charge in [-0.3, -0.25) is 14.4 Å². The molecule has 1 aliphatic heterocycles. The number of rotatable bonds is 7. The van der Waals surface area contributed by atoms with Gasteiger partial charge in [-0.15, -0.1) is 0 Å². The van der Waals surface area contributed by atoms with Crippen molar-refractivity contribution in [2.75, 3.05) is 17.7 Å². The molecule has 9 nitrogen and oxygen atoms in total. The molecule has 3 amide bonds. The fourth-order valence-electron chi connectivity index (χ4n) is 3.93. The van der Waals surface area contributed by atoms with Crippen LogP contribution in [0.2, 0.25) is 0 Å². The Hall–Kier alpha value is -4.44. The lowest BCUT2D eigenvalue weighted by molar-refractivity contribution is -0.122. The lowest BCUT2D eigenvalue weighted by Crippen LogP contribution is -2.30. The van der Waals surface area contributed by atoms with Gasteiger partial charge in [-0.2, -0.15) is 0 Å². The first-order valence-electron chi connectivity index (χ1n) is 11.3. The quantitative estimate of drug-likeness (QED) is 0.487. The number of nitrogens with one attached hydrogen (secondary N) is 2. The molecule has 10 heteroatoms. The van der Waals surface area contributed by atoms with Gasteiger partial charge in [0.1, 0.15) is 10.7 Å². The molecule has 2 N–H and O–H groups in total. The van der Waals surface area contributed by atoms with Gasteiger partial charge in [-0.05, 0) is 78.7 Å². The largest absolute Gasteiger partial charge is 0.497 e. The summed E-state index contributed by atoms with van der Waals surface area (Å²) in [5, 5.41) is 5.41. The maximum absolute atomic E-state index is 13.3. The Labute approximate surface area is 214 Å². The smallest absolute Gasteiger partial charge is 0.268 e. The monoisotopic (exact) mass is 519 g/mol. The zero-order valence-electron chi connectivity index (χ0n) is 20.4. The molecular weight excluding hydrogens is 494 g/mol. The van der Waals surface area contributed by atoms with Gasteiger partial charge in [0, 0.05) is 29.4 Å². The number of hydrogen-bond acceptors (Lipinski definition) is 6. The molecule has 190 valence electrons. The third-order valence-electron chi connectivity index (χ3n) is 5.79. The molecule has 0 bridgehead atoms. The van der Waals surface area contributed by atoms with Crippen molar-refractivity contribution >= 4 is 44.0 Å². The summed E-state index contributed by atoms with van der Waals surface area (Å²) in [6.45, 7) is 2.74. The van der Waals surface area contributed by atoms with Gasteiger partial charge in [0.25, 0.3) is 21.8 Å². The molecule has 1 aliphatic rings. The van der Waals surface area contributed by atoms with Crippen LogP contribution in [-0.4, -0.2) is 37.6 Å². The van der Waals surface area contributed by atoms with E-state index in [9.17, 15) is 22.8 Å². The Morgan fingerprint density at radius 3 is 1.97 bits per heavy atom. The van der Waals surface area contributed by atoms with Crippen LogP contribution in [0.15, 0.2) is 78.4 Å². The third kappa shape index (κ3) is 5.39. The van der Waals surface area contributed by atoms with Crippen LogP contribution in [0.25, 0.3) is 4.91 Å². The summed E-state index contributed by atoms with van der Waals surface area (Å²) in [4.78, 5) is 36.6. The van der Waals surface area contributed by atoms with Gasteiger partial charge in [0.15, 0.2) is 0 Å². The highest BCUT2D eigenvalue weighted by Crippen LogP contribution is 2.37. The van der Waals surface area contributed by atoms with Crippen LogP contribution in [0.4, 0.5) is 11.4 Å². The SMILES string of the molecule is COc1ccc(C2=C(C)C(=O)N(Cc3ccc(C(=O)Nc4ccc(NC(C)=O)cc4)cc3)S2(=O)=O)cc1. The van der Waals surface area contributed by atoms with E-state index in [-0.39, 0.29) is 28.8 Å². The molecule has 0 aliphatic carbocycles. The minimum atomic E-state index is -4.06. The summed E-state index contributed by atoms with van der Waals surface area (Å²) in [7, 11) is -2.55. The van der Waals surface area contributed by atoms with E-state index in [1.54, 1.807) is 72.8 Å². The minimum absolute atomic E-state index is 0.0272. The first-order valence-corrected chi connectivity index (χ1v) is 12.7. The van der Waals surface area contributed by atoms with E-state index in [4.69, 9.17) is 4.74 Å². The number of sulfonamides is 1. The second-order valence-electron chi connectivity index (χ2n) is 8.41. The molecule has 0 aromatic heterocycles. The topological polar surface area (TPSA) is 122 Å². The summed E-state index contributed by atoms with van der Waals surface area (Å²) in [5.41, 5.74) is 2.62. The summed E-state index contributed by atoms with van der Waals surface area (Å²) in [6, 6.07) is 19.5. The van der Waals surface area contributed by atoms with E-state index in [0.717, 1.165) is 4.31 Å². The highest BCUT2D eigenvalue weighted by atomic mass is 32.2. The lowest BCUT2D eigenvalue weighted by Gasteiger charge is -2.17. The van der Waals surface area contributed by atoms with Crippen molar-refractivity contribution in [3.63, 3.8) is 0 Å². The summed E-state index contributed by atoms with van der Waals surface area (Å²) in [6.07, 6.45) is 0. The van der Waals surface area contributed by atoms with Crippen molar-refractivity contribution in [2.45, 2.75) is 20.4 Å². The molecule has 0 spiro atoms. The second kappa shape index (κ2) is 10.3. The number of benzene rings is 3. The van der Waals surface area contributed by atoms with Crippen LogP contribution in [0.1, 0.15) is 35.3 Å². The van der Waals surface area contributed by atoms with Gasteiger partial charge in [0.05, 0.1) is 13.7 Å². The van der Waals surface area contributed by atoms with Gasteiger partial charge >= 0.3 is 0 Å². The molecule has 3 aromatic rings. The van der Waals surface area contributed by atoms with Gasteiger partial charge in [0.2, 0.25) is 5.91 Å². The third-order valence-corrected chi connectivity index (χ3v) is 7.73. The van der Waals surface area contributed by atoms with Crippen LogP contribution in [0.5, 0.6) is 5.75 Å². The first kappa shape index (κ1) is 25.6. The normalized spacial score (nSPS) is 14.5. The van der Waals surface area contributed by atoms with Crippen molar-refractivity contribution < 1.29 is 27.5 Å². The molecule has 0 atom stereocenters.